The SMILES string of the molecule is CC(NC(=O)C1CCC1C(=O)O)c1cccc(C(F)(F)F)c1. The second kappa shape index (κ2) is 5.98. The lowest BCUT2D eigenvalue weighted by molar-refractivity contribution is -0.153. The van der Waals surface area contributed by atoms with E-state index in [1.54, 1.807) is 6.92 Å². The van der Waals surface area contributed by atoms with E-state index in [2.05, 4.69) is 5.32 Å². The van der Waals surface area contributed by atoms with E-state index in [1.165, 1.54) is 12.1 Å². The molecular formula is C15H16F3NO3. The average Bonchev–Trinajstić information content (AvgIpc) is 2.35. The fraction of sp³-hybridized carbons (Fsp3) is 0.467. The molecule has 0 saturated heterocycles. The Morgan fingerprint density at radius 1 is 1.27 bits per heavy atom. The molecule has 1 aromatic carbocycles. The monoisotopic (exact) mass is 315 g/mol. The van der Waals surface area contributed by atoms with Gasteiger partial charge < -0.3 is 10.4 Å². The molecule has 1 saturated carbocycles. The van der Waals surface area contributed by atoms with E-state index in [4.69, 9.17) is 5.11 Å². The molecule has 0 radical (unpaired) electrons. The quantitative estimate of drug-likeness (QED) is 0.897. The highest BCUT2D eigenvalue weighted by Crippen LogP contribution is 2.35. The van der Waals surface area contributed by atoms with E-state index < -0.39 is 41.5 Å². The number of rotatable bonds is 4. The lowest BCUT2D eigenvalue weighted by Gasteiger charge is -2.33. The standard InChI is InChI=1S/C15H16F3NO3/c1-8(9-3-2-4-10(7-9)15(16,17)18)19-13(20)11-5-6-12(11)14(21)22/h2-4,7-8,11-12H,5-6H2,1H3,(H,19,20)(H,21,22). The summed E-state index contributed by atoms with van der Waals surface area (Å²) in [6.07, 6.45) is -3.51. The normalized spacial score (nSPS) is 22.5. The van der Waals surface area contributed by atoms with Crippen molar-refractivity contribution in [3.63, 3.8) is 0 Å². The number of carboxylic acids is 1. The number of carbonyl (C=O) groups excluding carboxylic acids is 1. The van der Waals surface area contributed by atoms with Crippen molar-refractivity contribution in [1.29, 1.82) is 0 Å². The summed E-state index contributed by atoms with van der Waals surface area (Å²) in [5.41, 5.74) is -0.451. The van der Waals surface area contributed by atoms with Gasteiger partial charge in [0.05, 0.1) is 23.4 Å². The van der Waals surface area contributed by atoms with Crippen LogP contribution >= 0.6 is 0 Å². The molecule has 0 aromatic heterocycles. The molecule has 7 heteroatoms. The molecular weight excluding hydrogens is 299 g/mol. The van der Waals surface area contributed by atoms with E-state index >= 15 is 0 Å². The van der Waals surface area contributed by atoms with Gasteiger partial charge in [0.25, 0.3) is 0 Å². The molecule has 3 atom stereocenters. The Bertz CT molecular complexity index is 586. The van der Waals surface area contributed by atoms with Crippen LogP contribution < -0.4 is 5.32 Å². The Morgan fingerprint density at radius 2 is 1.91 bits per heavy atom. The number of amides is 1. The minimum absolute atomic E-state index is 0.328. The summed E-state index contributed by atoms with van der Waals surface area (Å²) in [5.74, 6) is -2.75. The first kappa shape index (κ1) is 16.3. The average molecular weight is 315 g/mol. The smallest absolute Gasteiger partial charge is 0.416 e. The number of nitrogens with one attached hydrogen (secondary N) is 1. The van der Waals surface area contributed by atoms with Crippen LogP contribution in [-0.4, -0.2) is 17.0 Å². The first-order chi connectivity index (χ1) is 10.2. The molecule has 0 heterocycles. The Labute approximate surface area is 125 Å². The molecule has 0 bridgehead atoms. The Hall–Kier alpha value is -2.05. The minimum Gasteiger partial charge on any atom is -0.481 e. The van der Waals surface area contributed by atoms with Gasteiger partial charge in [-0.1, -0.05) is 12.1 Å². The second-order valence-corrected chi connectivity index (χ2v) is 5.48. The number of hydrogen-bond acceptors (Lipinski definition) is 2. The van der Waals surface area contributed by atoms with Crippen LogP contribution in [0.4, 0.5) is 13.2 Å². The number of alkyl halides is 3. The predicted molar refractivity (Wildman–Crippen MR) is 71.9 cm³/mol. The maximum atomic E-state index is 12.7. The second-order valence-electron chi connectivity index (χ2n) is 5.48. The summed E-state index contributed by atoms with van der Waals surface area (Å²) >= 11 is 0. The molecule has 22 heavy (non-hydrogen) atoms. The van der Waals surface area contributed by atoms with Crippen molar-refractivity contribution in [1.82, 2.24) is 5.32 Å². The molecule has 0 aliphatic heterocycles. The fourth-order valence-electron chi connectivity index (χ4n) is 2.50. The lowest BCUT2D eigenvalue weighted by Crippen LogP contribution is -2.44. The number of carbonyl (C=O) groups is 2. The first-order valence-corrected chi connectivity index (χ1v) is 6.90. The third-order valence-corrected chi connectivity index (χ3v) is 4.00. The molecule has 1 aliphatic rings. The highest BCUT2D eigenvalue weighted by Gasteiger charge is 2.41. The first-order valence-electron chi connectivity index (χ1n) is 6.90. The topological polar surface area (TPSA) is 66.4 Å². The van der Waals surface area contributed by atoms with Crippen molar-refractivity contribution < 1.29 is 27.9 Å². The Morgan fingerprint density at radius 3 is 2.41 bits per heavy atom. The van der Waals surface area contributed by atoms with Gasteiger partial charge in [0.15, 0.2) is 0 Å². The fourth-order valence-corrected chi connectivity index (χ4v) is 2.50. The number of carboxylic acid groups (broad SMARTS) is 1. The summed E-state index contributed by atoms with van der Waals surface area (Å²) in [6, 6.07) is 4.11. The molecule has 120 valence electrons. The van der Waals surface area contributed by atoms with Crippen LogP contribution in [0.3, 0.4) is 0 Å². The number of aliphatic carboxylic acids is 1. The van der Waals surface area contributed by atoms with Gasteiger partial charge >= 0.3 is 12.1 Å². The zero-order valence-electron chi connectivity index (χ0n) is 11.9. The van der Waals surface area contributed by atoms with Crippen molar-refractivity contribution >= 4 is 11.9 Å². The predicted octanol–water partition coefficient (Wildman–Crippen LogP) is 2.99. The van der Waals surface area contributed by atoms with Crippen LogP contribution in [0.15, 0.2) is 24.3 Å². The highest BCUT2D eigenvalue weighted by molar-refractivity contribution is 5.86. The maximum Gasteiger partial charge on any atom is 0.416 e. The maximum absolute atomic E-state index is 12.7. The summed E-state index contributed by atoms with van der Waals surface area (Å²) in [7, 11) is 0. The van der Waals surface area contributed by atoms with Crippen molar-refractivity contribution in [2.24, 2.45) is 11.8 Å². The van der Waals surface area contributed by atoms with Crippen molar-refractivity contribution in [2.75, 3.05) is 0 Å². The molecule has 0 spiro atoms. The van der Waals surface area contributed by atoms with Crippen LogP contribution in [0, 0.1) is 11.8 Å². The molecule has 1 aliphatic carbocycles. The summed E-state index contributed by atoms with van der Waals surface area (Å²) < 4.78 is 38.0. The molecule has 2 rings (SSSR count). The molecule has 1 aromatic rings. The zero-order chi connectivity index (χ0) is 16.5. The highest BCUT2D eigenvalue weighted by atomic mass is 19.4. The van der Waals surface area contributed by atoms with Gasteiger partial charge in [0.2, 0.25) is 5.91 Å². The van der Waals surface area contributed by atoms with Crippen LogP contribution in [0.2, 0.25) is 0 Å². The van der Waals surface area contributed by atoms with Crippen LogP contribution in [0.25, 0.3) is 0 Å². The molecule has 4 nitrogen and oxygen atoms in total. The van der Waals surface area contributed by atoms with Gasteiger partial charge in [0.1, 0.15) is 0 Å². The number of hydrogen-bond donors (Lipinski definition) is 2. The van der Waals surface area contributed by atoms with Crippen LogP contribution in [-0.2, 0) is 15.8 Å². The molecule has 2 N–H and O–H groups in total. The summed E-state index contributed by atoms with van der Waals surface area (Å²) in [5, 5.41) is 11.5. The van der Waals surface area contributed by atoms with E-state index in [0.29, 0.717) is 18.4 Å². The largest absolute Gasteiger partial charge is 0.481 e. The summed E-state index contributed by atoms with van der Waals surface area (Å²) in [6.45, 7) is 1.57. The van der Waals surface area contributed by atoms with Gasteiger partial charge in [0, 0.05) is 0 Å². The molecule has 1 amide bonds. The minimum atomic E-state index is -4.44. The van der Waals surface area contributed by atoms with Gasteiger partial charge in [-0.2, -0.15) is 13.2 Å². The van der Waals surface area contributed by atoms with E-state index in [0.717, 1.165) is 12.1 Å². The van der Waals surface area contributed by atoms with Crippen molar-refractivity contribution in [3.8, 4) is 0 Å². The Kier molecular flexibility index (Phi) is 4.44. The zero-order valence-corrected chi connectivity index (χ0v) is 11.9. The van der Waals surface area contributed by atoms with E-state index in [1.807, 2.05) is 0 Å². The van der Waals surface area contributed by atoms with Gasteiger partial charge in [-0.05, 0) is 37.5 Å². The van der Waals surface area contributed by atoms with Crippen molar-refractivity contribution in [2.45, 2.75) is 32.0 Å². The van der Waals surface area contributed by atoms with Crippen LogP contribution in [0.5, 0.6) is 0 Å². The number of benzene rings is 1. The van der Waals surface area contributed by atoms with Gasteiger partial charge in [-0.15, -0.1) is 0 Å². The Balaban J connectivity index is 2.05. The van der Waals surface area contributed by atoms with E-state index in [9.17, 15) is 22.8 Å². The third kappa shape index (κ3) is 3.40. The number of halogens is 3. The van der Waals surface area contributed by atoms with Crippen molar-refractivity contribution in [3.05, 3.63) is 35.4 Å². The van der Waals surface area contributed by atoms with Crippen LogP contribution in [0.1, 0.15) is 36.9 Å². The molecule has 3 unspecified atom stereocenters. The lowest BCUT2D eigenvalue weighted by atomic mass is 9.73. The van der Waals surface area contributed by atoms with Gasteiger partial charge in [-0.25, -0.2) is 0 Å². The third-order valence-electron chi connectivity index (χ3n) is 4.00. The van der Waals surface area contributed by atoms with Gasteiger partial charge in [-0.3, -0.25) is 9.59 Å². The summed E-state index contributed by atoms with van der Waals surface area (Å²) in [4.78, 5) is 22.9. The molecule has 1 fully saturated rings. The van der Waals surface area contributed by atoms with E-state index in [-0.39, 0.29) is 0 Å².